The maximum atomic E-state index is 12.8. The van der Waals surface area contributed by atoms with Crippen molar-refractivity contribution in [2.45, 2.75) is 31.6 Å². The smallest absolute Gasteiger partial charge is 0.238 e. The SMILES string of the molecule is NC(=O)C1(C(=O)N2CCCC(c3cn(-c4ccc5ccccc5c4)nn3)C2)CC1. The maximum absolute atomic E-state index is 12.8. The average molecular weight is 389 g/mol. The molecule has 1 aliphatic carbocycles. The molecule has 7 nitrogen and oxygen atoms in total. The van der Waals surface area contributed by atoms with Crippen LogP contribution in [0.5, 0.6) is 0 Å². The summed E-state index contributed by atoms with van der Waals surface area (Å²) in [6, 6.07) is 14.4. The van der Waals surface area contributed by atoms with Crippen LogP contribution >= 0.6 is 0 Å². The monoisotopic (exact) mass is 389 g/mol. The summed E-state index contributed by atoms with van der Waals surface area (Å²) in [5.74, 6) is -0.492. The Balaban J connectivity index is 1.35. The Morgan fingerprint density at radius 3 is 2.66 bits per heavy atom. The molecule has 29 heavy (non-hydrogen) atoms. The van der Waals surface area contributed by atoms with Gasteiger partial charge in [-0.15, -0.1) is 5.10 Å². The molecule has 5 rings (SSSR count). The van der Waals surface area contributed by atoms with Gasteiger partial charge < -0.3 is 10.6 Å². The fourth-order valence-corrected chi connectivity index (χ4v) is 4.31. The molecule has 2 fully saturated rings. The van der Waals surface area contributed by atoms with Crippen molar-refractivity contribution in [1.29, 1.82) is 0 Å². The van der Waals surface area contributed by atoms with Crippen molar-refractivity contribution in [2.24, 2.45) is 11.1 Å². The van der Waals surface area contributed by atoms with Crippen molar-refractivity contribution in [2.75, 3.05) is 13.1 Å². The van der Waals surface area contributed by atoms with E-state index in [1.54, 1.807) is 9.58 Å². The first-order chi connectivity index (χ1) is 14.1. The van der Waals surface area contributed by atoms with Crippen LogP contribution in [0.4, 0.5) is 0 Å². The number of aromatic nitrogens is 3. The fraction of sp³-hybridized carbons (Fsp3) is 0.364. The van der Waals surface area contributed by atoms with Crippen LogP contribution in [-0.4, -0.2) is 44.8 Å². The van der Waals surface area contributed by atoms with Gasteiger partial charge in [0.2, 0.25) is 11.8 Å². The second-order valence-electron chi connectivity index (χ2n) is 8.16. The molecule has 2 heterocycles. The summed E-state index contributed by atoms with van der Waals surface area (Å²) in [6.45, 7) is 1.23. The van der Waals surface area contributed by atoms with Gasteiger partial charge in [0, 0.05) is 19.0 Å². The zero-order chi connectivity index (χ0) is 20.0. The number of nitrogens with two attached hydrogens (primary N) is 1. The second kappa shape index (κ2) is 6.69. The normalized spacial score (nSPS) is 20.6. The molecular formula is C22H23N5O2. The highest BCUT2D eigenvalue weighted by molar-refractivity contribution is 6.07. The lowest BCUT2D eigenvalue weighted by atomic mass is 9.93. The van der Waals surface area contributed by atoms with E-state index in [1.165, 1.54) is 5.39 Å². The molecule has 1 unspecified atom stereocenters. The highest BCUT2D eigenvalue weighted by Crippen LogP contribution is 2.47. The third-order valence-electron chi connectivity index (χ3n) is 6.27. The Morgan fingerprint density at radius 2 is 1.90 bits per heavy atom. The van der Waals surface area contributed by atoms with E-state index < -0.39 is 11.3 Å². The van der Waals surface area contributed by atoms with Crippen LogP contribution in [0.15, 0.2) is 48.7 Å². The van der Waals surface area contributed by atoms with Gasteiger partial charge in [-0.1, -0.05) is 35.5 Å². The van der Waals surface area contributed by atoms with Gasteiger partial charge in [0.15, 0.2) is 0 Å². The molecule has 2 aliphatic rings. The molecule has 2 amide bonds. The summed E-state index contributed by atoms with van der Waals surface area (Å²) in [7, 11) is 0. The minimum absolute atomic E-state index is 0.114. The summed E-state index contributed by atoms with van der Waals surface area (Å²) in [5.41, 5.74) is 6.36. The molecule has 1 aliphatic heterocycles. The van der Waals surface area contributed by atoms with Gasteiger partial charge in [0.05, 0.1) is 17.6 Å². The lowest BCUT2D eigenvalue weighted by Gasteiger charge is -2.33. The third kappa shape index (κ3) is 3.06. The number of carbonyl (C=O) groups excluding carboxylic acids is 2. The largest absolute Gasteiger partial charge is 0.369 e. The molecule has 1 saturated carbocycles. The molecule has 1 saturated heterocycles. The molecule has 1 aromatic heterocycles. The van der Waals surface area contributed by atoms with Gasteiger partial charge in [-0.05, 0) is 48.6 Å². The highest BCUT2D eigenvalue weighted by atomic mass is 16.2. The predicted molar refractivity (Wildman–Crippen MR) is 108 cm³/mol. The predicted octanol–water partition coefficient (Wildman–Crippen LogP) is 2.39. The van der Waals surface area contributed by atoms with Crippen molar-refractivity contribution in [3.8, 4) is 5.69 Å². The number of primary amides is 1. The first kappa shape index (κ1) is 17.8. The fourth-order valence-electron chi connectivity index (χ4n) is 4.31. The standard InChI is InChI=1S/C22H23N5O2/c23-20(28)22(9-10-22)21(29)26-11-3-6-17(13-26)19-14-27(25-24-19)18-8-7-15-4-1-2-5-16(15)12-18/h1-2,4-5,7-8,12,14,17H,3,6,9-11,13H2,(H2,23,28). The van der Waals surface area contributed by atoms with Crippen LogP contribution in [-0.2, 0) is 9.59 Å². The topological polar surface area (TPSA) is 94.1 Å². The first-order valence-corrected chi connectivity index (χ1v) is 10.1. The van der Waals surface area contributed by atoms with Gasteiger partial charge in [-0.25, -0.2) is 4.68 Å². The van der Waals surface area contributed by atoms with E-state index in [-0.39, 0.29) is 11.8 Å². The molecule has 0 radical (unpaired) electrons. The van der Waals surface area contributed by atoms with Crippen LogP contribution in [0, 0.1) is 5.41 Å². The summed E-state index contributed by atoms with van der Waals surface area (Å²) in [5, 5.41) is 11.0. The Morgan fingerprint density at radius 1 is 1.10 bits per heavy atom. The summed E-state index contributed by atoms with van der Waals surface area (Å²) >= 11 is 0. The van der Waals surface area contributed by atoms with Gasteiger partial charge in [-0.2, -0.15) is 0 Å². The molecule has 0 spiro atoms. The Labute approximate surface area is 168 Å². The summed E-state index contributed by atoms with van der Waals surface area (Å²) in [6.07, 6.45) is 4.92. The minimum Gasteiger partial charge on any atom is -0.369 e. The van der Waals surface area contributed by atoms with Crippen LogP contribution in [0.25, 0.3) is 16.5 Å². The van der Waals surface area contributed by atoms with Crippen LogP contribution < -0.4 is 5.73 Å². The van der Waals surface area contributed by atoms with Gasteiger partial charge in [-0.3, -0.25) is 9.59 Å². The Hall–Kier alpha value is -3.22. The molecule has 1 atom stereocenters. The minimum atomic E-state index is -0.954. The van der Waals surface area contributed by atoms with E-state index in [2.05, 4.69) is 34.6 Å². The van der Waals surface area contributed by atoms with Gasteiger partial charge >= 0.3 is 0 Å². The van der Waals surface area contributed by atoms with Gasteiger partial charge in [0.1, 0.15) is 5.41 Å². The molecule has 7 heteroatoms. The quantitative estimate of drug-likeness (QED) is 0.693. The number of amides is 2. The van der Waals surface area contributed by atoms with E-state index in [0.29, 0.717) is 25.9 Å². The van der Waals surface area contributed by atoms with E-state index in [4.69, 9.17) is 5.73 Å². The summed E-state index contributed by atoms with van der Waals surface area (Å²) in [4.78, 5) is 26.3. The number of nitrogens with zero attached hydrogens (tertiary/aromatic N) is 4. The number of benzene rings is 2. The van der Waals surface area contributed by atoms with Crippen LogP contribution in [0.2, 0.25) is 0 Å². The second-order valence-corrected chi connectivity index (χ2v) is 8.16. The van der Waals surface area contributed by atoms with E-state index in [0.717, 1.165) is 29.6 Å². The van der Waals surface area contributed by atoms with Crippen LogP contribution in [0.1, 0.15) is 37.3 Å². The number of fused-ring (bicyclic) bond motifs is 1. The van der Waals surface area contributed by atoms with Crippen molar-refractivity contribution in [1.82, 2.24) is 19.9 Å². The van der Waals surface area contributed by atoms with E-state index in [1.807, 2.05) is 24.4 Å². The molecular weight excluding hydrogens is 366 g/mol. The summed E-state index contributed by atoms with van der Waals surface area (Å²) < 4.78 is 1.79. The molecule has 0 bridgehead atoms. The zero-order valence-electron chi connectivity index (χ0n) is 16.1. The Kier molecular flexibility index (Phi) is 4.12. The molecule has 2 aromatic carbocycles. The molecule has 3 aromatic rings. The Bertz CT molecular complexity index is 1100. The zero-order valence-corrected chi connectivity index (χ0v) is 16.1. The van der Waals surface area contributed by atoms with Crippen LogP contribution in [0.3, 0.4) is 0 Å². The third-order valence-corrected chi connectivity index (χ3v) is 6.27. The average Bonchev–Trinajstić information content (AvgIpc) is 3.43. The molecule has 148 valence electrons. The van der Waals surface area contributed by atoms with Gasteiger partial charge in [0.25, 0.3) is 0 Å². The number of likely N-dealkylation sites (tertiary alicyclic amines) is 1. The maximum Gasteiger partial charge on any atom is 0.238 e. The van der Waals surface area contributed by atoms with Crippen molar-refractivity contribution >= 4 is 22.6 Å². The van der Waals surface area contributed by atoms with E-state index >= 15 is 0 Å². The highest BCUT2D eigenvalue weighted by Gasteiger charge is 2.57. The lowest BCUT2D eigenvalue weighted by molar-refractivity contribution is -0.143. The molecule has 2 N–H and O–H groups in total. The van der Waals surface area contributed by atoms with Crippen molar-refractivity contribution in [3.05, 3.63) is 54.4 Å². The number of carbonyl (C=O) groups is 2. The number of hydrogen-bond donors (Lipinski definition) is 1. The number of piperidine rings is 1. The number of hydrogen-bond acceptors (Lipinski definition) is 4. The number of rotatable bonds is 4. The lowest BCUT2D eigenvalue weighted by Crippen LogP contribution is -2.47. The van der Waals surface area contributed by atoms with Crippen molar-refractivity contribution in [3.63, 3.8) is 0 Å². The first-order valence-electron chi connectivity index (χ1n) is 10.1. The van der Waals surface area contributed by atoms with Crippen molar-refractivity contribution < 1.29 is 9.59 Å². The van der Waals surface area contributed by atoms with E-state index in [9.17, 15) is 9.59 Å².